The van der Waals surface area contributed by atoms with E-state index in [1.807, 2.05) is 13.8 Å². The van der Waals surface area contributed by atoms with Crippen LogP contribution < -0.4 is 5.32 Å². The van der Waals surface area contributed by atoms with Crippen LogP contribution in [-0.4, -0.2) is 31.0 Å². The van der Waals surface area contributed by atoms with Crippen LogP contribution in [-0.2, 0) is 9.53 Å². The molecule has 0 heterocycles. The van der Waals surface area contributed by atoms with E-state index in [0.717, 1.165) is 6.42 Å². The van der Waals surface area contributed by atoms with Gasteiger partial charge in [0, 0.05) is 24.9 Å². The zero-order valence-electron chi connectivity index (χ0n) is 8.31. The van der Waals surface area contributed by atoms with Crippen LogP contribution in [0.5, 0.6) is 0 Å². The summed E-state index contributed by atoms with van der Waals surface area (Å²) in [4.78, 5) is 11.2. The molecule has 0 bridgehead atoms. The number of nitrogens with one attached hydrogen (secondary N) is 1. The SMILES string of the molecule is CCOCC(C)NC(=O)CCCCl. The predicted molar refractivity (Wildman–Crippen MR) is 54.1 cm³/mol. The molecule has 0 rings (SSSR count). The molecule has 0 spiro atoms. The maximum Gasteiger partial charge on any atom is 0.220 e. The van der Waals surface area contributed by atoms with Crippen molar-refractivity contribution in [3.05, 3.63) is 0 Å². The molecule has 3 nitrogen and oxygen atoms in total. The first-order chi connectivity index (χ1) is 6.20. The monoisotopic (exact) mass is 207 g/mol. The molecule has 0 aliphatic rings. The number of halogens is 1. The smallest absolute Gasteiger partial charge is 0.220 e. The third kappa shape index (κ3) is 8.06. The van der Waals surface area contributed by atoms with Gasteiger partial charge in [0.25, 0.3) is 0 Å². The minimum atomic E-state index is 0.0489. The van der Waals surface area contributed by atoms with Crippen molar-refractivity contribution < 1.29 is 9.53 Å². The first-order valence-electron chi connectivity index (χ1n) is 4.63. The van der Waals surface area contributed by atoms with Gasteiger partial charge in [0.15, 0.2) is 0 Å². The first-order valence-corrected chi connectivity index (χ1v) is 5.17. The maximum atomic E-state index is 11.2. The fourth-order valence-electron chi connectivity index (χ4n) is 0.911. The number of ether oxygens (including phenoxy) is 1. The van der Waals surface area contributed by atoms with Gasteiger partial charge in [-0.1, -0.05) is 0 Å². The second kappa shape index (κ2) is 8.32. The lowest BCUT2D eigenvalue weighted by molar-refractivity contribution is -0.122. The van der Waals surface area contributed by atoms with Gasteiger partial charge in [-0.15, -0.1) is 11.6 Å². The molecule has 1 atom stereocenters. The van der Waals surface area contributed by atoms with Crippen LogP contribution in [0.2, 0.25) is 0 Å². The second-order valence-electron chi connectivity index (χ2n) is 2.92. The average molecular weight is 208 g/mol. The van der Waals surface area contributed by atoms with Crippen molar-refractivity contribution >= 4 is 17.5 Å². The number of hydrogen-bond donors (Lipinski definition) is 1. The van der Waals surface area contributed by atoms with Gasteiger partial charge in [-0.05, 0) is 20.3 Å². The summed E-state index contributed by atoms with van der Waals surface area (Å²) in [6, 6.07) is 0.0859. The van der Waals surface area contributed by atoms with Crippen molar-refractivity contribution in [2.45, 2.75) is 32.7 Å². The summed E-state index contributed by atoms with van der Waals surface area (Å²) in [5.41, 5.74) is 0. The van der Waals surface area contributed by atoms with E-state index >= 15 is 0 Å². The zero-order valence-corrected chi connectivity index (χ0v) is 9.06. The van der Waals surface area contributed by atoms with E-state index in [1.165, 1.54) is 0 Å². The van der Waals surface area contributed by atoms with E-state index < -0.39 is 0 Å². The lowest BCUT2D eigenvalue weighted by Gasteiger charge is -2.13. The maximum absolute atomic E-state index is 11.2. The van der Waals surface area contributed by atoms with Gasteiger partial charge in [0.1, 0.15) is 0 Å². The molecule has 0 aliphatic heterocycles. The number of amides is 1. The first kappa shape index (κ1) is 12.7. The summed E-state index contributed by atoms with van der Waals surface area (Å²) < 4.78 is 5.16. The minimum Gasteiger partial charge on any atom is -0.380 e. The van der Waals surface area contributed by atoms with Crippen LogP contribution in [0.15, 0.2) is 0 Å². The Bertz CT molecular complexity index is 142. The number of hydrogen-bond acceptors (Lipinski definition) is 2. The number of rotatable bonds is 7. The normalized spacial score (nSPS) is 12.5. The van der Waals surface area contributed by atoms with Crippen LogP contribution in [0.4, 0.5) is 0 Å². The summed E-state index contributed by atoms with van der Waals surface area (Å²) >= 11 is 5.46. The van der Waals surface area contributed by atoms with Gasteiger partial charge in [0.2, 0.25) is 5.91 Å². The molecule has 13 heavy (non-hydrogen) atoms. The molecule has 0 aliphatic carbocycles. The topological polar surface area (TPSA) is 38.3 Å². The zero-order chi connectivity index (χ0) is 10.1. The van der Waals surface area contributed by atoms with E-state index in [2.05, 4.69) is 5.32 Å². The number of carbonyl (C=O) groups is 1. The highest BCUT2D eigenvalue weighted by Crippen LogP contribution is 1.93. The van der Waals surface area contributed by atoms with Gasteiger partial charge in [-0.25, -0.2) is 0 Å². The average Bonchev–Trinajstić information content (AvgIpc) is 2.11. The molecule has 1 N–H and O–H groups in total. The molecule has 0 aromatic rings. The molecule has 0 aromatic heterocycles. The van der Waals surface area contributed by atoms with Gasteiger partial charge in [0.05, 0.1) is 6.61 Å². The molecule has 1 amide bonds. The molecule has 0 fully saturated rings. The van der Waals surface area contributed by atoms with E-state index in [4.69, 9.17) is 16.3 Å². The molecule has 1 unspecified atom stereocenters. The number of alkyl halides is 1. The summed E-state index contributed by atoms with van der Waals surface area (Å²) in [5.74, 6) is 0.584. The van der Waals surface area contributed by atoms with Crippen LogP contribution in [0.1, 0.15) is 26.7 Å². The van der Waals surface area contributed by atoms with Crippen LogP contribution in [0.25, 0.3) is 0 Å². The van der Waals surface area contributed by atoms with Crippen molar-refractivity contribution in [3.8, 4) is 0 Å². The summed E-state index contributed by atoms with van der Waals surface area (Å²) in [5, 5.41) is 2.83. The second-order valence-corrected chi connectivity index (χ2v) is 3.30. The largest absolute Gasteiger partial charge is 0.380 e. The van der Waals surface area contributed by atoms with E-state index in [1.54, 1.807) is 0 Å². The molecular weight excluding hydrogens is 190 g/mol. The van der Waals surface area contributed by atoms with E-state index in [0.29, 0.717) is 25.5 Å². The summed E-state index contributed by atoms with van der Waals surface area (Å²) in [6.45, 7) is 5.11. The van der Waals surface area contributed by atoms with Gasteiger partial charge in [-0.3, -0.25) is 4.79 Å². The number of carbonyl (C=O) groups excluding carboxylic acids is 1. The molecule has 4 heteroatoms. The Morgan fingerprint density at radius 1 is 1.62 bits per heavy atom. The van der Waals surface area contributed by atoms with E-state index in [-0.39, 0.29) is 11.9 Å². The highest BCUT2D eigenvalue weighted by Gasteiger charge is 2.05. The summed E-state index contributed by atoms with van der Waals surface area (Å²) in [7, 11) is 0. The van der Waals surface area contributed by atoms with E-state index in [9.17, 15) is 4.79 Å². The van der Waals surface area contributed by atoms with Crippen molar-refractivity contribution in [1.82, 2.24) is 5.32 Å². The molecule has 0 saturated heterocycles. The lowest BCUT2D eigenvalue weighted by atomic mass is 10.3. The fraction of sp³-hybridized carbons (Fsp3) is 0.889. The Labute approximate surface area is 84.8 Å². The quantitative estimate of drug-likeness (QED) is 0.644. The highest BCUT2D eigenvalue weighted by molar-refractivity contribution is 6.17. The predicted octanol–water partition coefficient (Wildman–Crippen LogP) is 1.55. The molecule has 78 valence electrons. The summed E-state index contributed by atoms with van der Waals surface area (Å²) in [6.07, 6.45) is 1.23. The molecule has 0 saturated carbocycles. The van der Waals surface area contributed by atoms with Gasteiger partial charge < -0.3 is 10.1 Å². The van der Waals surface area contributed by atoms with Crippen molar-refractivity contribution in [2.24, 2.45) is 0 Å². The Morgan fingerprint density at radius 2 is 2.31 bits per heavy atom. The Morgan fingerprint density at radius 3 is 2.85 bits per heavy atom. The standard InChI is InChI=1S/C9H18ClNO2/c1-3-13-7-8(2)11-9(12)5-4-6-10/h8H,3-7H2,1-2H3,(H,11,12). The highest BCUT2D eigenvalue weighted by atomic mass is 35.5. The van der Waals surface area contributed by atoms with Crippen molar-refractivity contribution in [2.75, 3.05) is 19.1 Å². The third-order valence-electron chi connectivity index (χ3n) is 1.52. The molecule has 0 aromatic carbocycles. The van der Waals surface area contributed by atoms with Crippen molar-refractivity contribution in [3.63, 3.8) is 0 Å². The van der Waals surface area contributed by atoms with Gasteiger partial charge in [-0.2, -0.15) is 0 Å². The van der Waals surface area contributed by atoms with Crippen LogP contribution in [0, 0.1) is 0 Å². The Kier molecular flexibility index (Phi) is 8.14. The van der Waals surface area contributed by atoms with Crippen LogP contribution >= 0.6 is 11.6 Å². The van der Waals surface area contributed by atoms with Gasteiger partial charge >= 0.3 is 0 Å². The molecule has 0 radical (unpaired) electrons. The Hall–Kier alpha value is -0.280. The molecular formula is C9H18ClNO2. The van der Waals surface area contributed by atoms with Crippen molar-refractivity contribution in [1.29, 1.82) is 0 Å². The Balaban J connectivity index is 3.41. The lowest BCUT2D eigenvalue weighted by Crippen LogP contribution is -2.35. The van der Waals surface area contributed by atoms with Crippen LogP contribution in [0.3, 0.4) is 0 Å². The third-order valence-corrected chi connectivity index (χ3v) is 1.78. The minimum absolute atomic E-state index is 0.0489. The fourth-order valence-corrected chi connectivity index (χ4v) is 1.04.